The van der Waals surface area contributed by atoms with E-state index in [2.05, 4.69) is 0 Å². The fourth-order valence-electron chi connectivity index (χ4n) is 3.16. The molecule has 1 aromatic carbocycles. The Labute approximate surface area is 176 Å². The van der Waals surface area contributed by atoms with Gasteiger partial charge in [-0.05, 0) is 19.4 Å². The van der Waals surface area contributed by atoms with E-state index in [1.165, 1.54) is 0 Å². The lowest BCUT2D eigenvalue weighted by atomic mass is 10.1. The molecule has 0 bridgehead atoms. The summed E-state index contributed by atoms with van der Waals surface area (Å²) in [7, 11) is 0. The van der Waals surface area contributed by atoms with E-state index < -0.39 is 76.7 Å². The molecule has 4 rings (SSSR count). The van der Waals surface area contributed by atoms with Crippen molar-refractivity contribution < 1.29 is 35.1 Å². The maximum Gasteiger partial charge on any atom is 0.276 e. The number of pyridine rings is 1. The molecule has 0 unspecified atom stereocenters. The van der Waals surface area contributed by atoms with Gasteiger partial charge in [0.15, 0.2) is 17.6 Å². The summed E-state index contributed by atoms with van der Waals surface area (Å²) in [6.07, 6.45) is -1.77. The van der Waals surface area contributed by atoms with Crippen LogP contribution < -0.4 is 10.7 Å². The first-order chi connectivity index (χ1) is 16.1. The van der Waals surface area contributed by atoms with E-state index in [-0.39, 0.29) is 13.0 Å². The molecule has 1 saturated heterocycles. The highest BCUT2D eigenvalue weighted by Crippen LogP contribution is 2.29. The van der Waals surface area contributed by atoms with Gasteiger partial charge in [0.05, 0.1) is 20.0 Å². The number of halogens is 2. The molecule has 0 saturated carbocycles. The second-order valence-electron chi connectivity index (χ2n) is 6.72. The fraction of sp³-hybridized carbons (Fsp3) is 0.350. The standard InChI is InChI=1S/C20H19F2N3O5/c1-10-4-5-30-15-9-24-8-13(17(26)18(27)16(24)20(29)25(10)15)19(28)23-7-11-2-3-12(21)6-14(11)22/h2-3,6,8,10,15,27H,4-5,7,9H2,1H3,(H,23,28)/t10-,15+/m1/s1/i7D2,9D2,15D. The SMILES string of the molecule is [2H]C([2H])(NC(=O)c1cn2c(c(O)c1=O)C(=O)N1[C@H](C)CCO[C@@]1([2H])C2([2H])[2H])c1ccc(F)cc1F. The first kappa shape index (κ1) is 14.7. The van der Waals surface area contributed by atoms with Crippen LogP contribution in [0.5, 0.6) is 5.75 Å². The Morgan fingerprint density at radius 2 is 2.23 bits per heavy atom. The number of hydrogen-bond donors (Lipinski definition) is 2. The van der Waals surface area contributed by atoms with Crippen molar-refractivity contribution in [1.82, 2.24) is 14.8 Å². The van der Waals surface area contributed by atoms with Gasteiger partial charge in [-0.2, -0.15) is 0 Å². The predicted octanol–water partition coefficient (Wildman–Crippen LogP) is 1.35. The number of amides is 2. The summed E-state index contributed by atoms with van der Waals surface area (Å²) in [6, 6.07) is 1.23. The third-order valence-corrected chi connectivity index (χ3v) is 4.74. The van der Waals surface area contributed by atoms with E-state index in [1.54, 1.807) is 12.2 Å². The number of carbonyl (C=O) groups excluding carboxylic acids is 2. The summed E-state index contributed by atoms with van der Waals surface area (Å²) in [5.74, 6) is -6.16. The molecule has 30 heavy (non-hydrogen) atoms. The summed E-state index contributed by atoms with van der Waals surface area (Å²) in [5, 5.41) is 12.2. The highest BCUT2D eigenvalue weighted by molar-refractivity contribution is 5.99. The topological polar surface area (TPSA) is 101 Å². The molecule has 2 aliphatic rings. The van der Waals surface area contributed by atoms with Crippen molar-refractivity contribution in [2.24, 2.45) is 0 Å². The molecule has 2 aliphatic heterocycles. The molecule has 2 aromatic rings. The highest BCUT2D eigenvalue weighted by atomic mass is 19.1. The molecule has 0 radical (unpaired) electrons. The van der Waals surface area contributed by atoms with Crippen LogP contribution in [-0.4, -0.2) is 45.2 Å². The normalized spacial score (nSPS) is 27.6. The van der Waals surface area contributed by atoms with Crippen LogP contribution in [-0.2, 0) is 17.7 Å². The van der Waals surface area contributed by atoms with Crippen molar-refractivity contribution in [2.45, 2.75) is 38.6 Å². The minimum absolute atomic E-state index is 0.0632. The Morgan fingerprint density at radius 3 is 2.97 bits per heavy atom. The van der Waals surface area contributed by atoms with Crippen molar-refractivity contribution in [2.75, 3.05) is 6.61 Å². The first-order valence-electron chi connectivity index (χ1n) is 11.4. The van der Waals surface area contributed by atoms with Crippen LogP contribution in [0.3, 0.4) is 0 Å². The van der Waals surface area contributed by atoms with Crippen molar-refractivity contribution in [3.8, 4) is 5.75 Å². The largest absolute Gasteiger partial charge is 0.503 e. The minimum Gasteiger partial charge on any atom is -0.503 e. The molecule has 1 aromatic heterocycles. The zero-order chi connectivity index (χ0) is 26.1. The van der Waals surface area contributed by atoms with E-state index in [0.717, 1.165) is 17.0 Å². The Bertz CT molecular complexity index is 1320. The molecule has 2 amide bonds. The van der Waals surface area contributed by atoms with Crippen LogP contribution in [0.4, 0.5) is 8.78 Å². The Hall–Kier alpha value is -3.27. The number of nitrogens with one attached hydrogen (secondary N) is 1. The van der Waals surface area contributed by atoms with Crippen LogP contribution in [0.25, 0.3) is 0 Å². The van der Waals surface area contributed by atoms with Gasteiger partial charge >= 0.3 is 0 Å². The van der Waals surface area contributed by atoms with Gasteiger partial charge < -0.3 is 24.6 Å². The molecular formula is C20H19F2N3O5. The molecule has 0 aliphatic carbocycles. The Kier molecular flexibility index (Phi) is 3.68. The molecule has 158 valence electrons. The van der Waals surface area contributed by atoms with Crippen molar-refractivity contribution in [3.05, 3.63) is 63.1 Å². The van der Waals surface area contributed by atoms with E-state index in [1.807, 2.05) is 0 Å². The van der Waals surface area contributed by atoms with E-state index >= 15 is 0 Å². The van der Waals surface area contributed by atoms with Gasteiger partial charge in [-0.3, -0.25) is 14.4 Å². The Balaban J connectivity index is 1.82. The van der Waals surface area contributed by atoms with Crippen LogP contribution in [0.2, 0.25) is 0 Å². The summed E-state index contributed by atoms with van der Waals surface area (Å²) < 4.78 is 74.5. The highest BCUT2D eigenvalue weighted by Gasteiger charge is 2.41. The number of aromatic hydroxyl groups is 1. The smallest absolute Gasteiger partial charge is 0.276 e. The van der Waals surface area contributed by atoms with Gasteiger partial charge in [-0.15, -0.1) is 0 Å². The van der Waals surface area contributed by atoms with Gasteiger partial charge in [0, 0.05) is 30.4 Å². The zero-order valence-electron chi connectivity index (χ0n) is 20.5. The van der Waals surface area contributed by atoms with Gasteiger partial charge in [-0.1, -0.05) is 6.07 Å². The van der Waals surface area contributed by atoms with Crippen molar-refractivity contribution in [1.29, 1.82) is 0 Å². The van der Waals surface area contributed by atoms with E-state index in [9.17, 15) is 28.3 Å². The average molecular weight is 424 g/mol. The van der Waals surface area contributed by atoms with Crippen molar-refractivity contribution in [3.63, 3.8) is 0 Å². The maximum absolute atomic E-state index is 14.1. The fourth-order valence-corrected chi connectivity index (χ4v) is 3.16. The minimum atomic E-state index is -2.96. The lowest BCUT2D eigenvalue weighted by Gasteiger charge is -2.44. The lowest BCUT2D eigenvalue weighted by Crippen LogP contribution is -2.57. The summed E-state index contributed by atoms with van der Waals surface area (Å²) >= 11 is 0. The number of benzene rings is 1. The summed E-state index contributed by atoms with van der Waals surface area (Å²) in [6.45, 7) is -4.38. The molecule has 2 N–H and O–H groups in total. The lowest BCUT2D eigenvalue weighted by molar-refractivity contribution is -0.112. The summed E-state index contributed by atoms with van der Waals surface area (Å²) in [5.41, 5.74) is -3.98. The molecular weight excluding hydrogens is 400 g/mol. The number of nitrogens with zero attached hydrogens (tertiary/aromatic N) is 2. The van der Waals surface area contributed by atoms with Crippen LogP contribution in [0.1, 0.15) is 46.6 Å². The van der Waals surface area contributed by atoms with E-state index in [0.29, 0.717) is 16.8 Å². The number of hydrogen-bond acceptors (Lipinski definition) is 5. The van der Waals surface area contributed by atoms with Crippen LogP contribution in [0.15, 0.2) is 29.2 Å². The summed E-state index contributed by atoms with van der Waals surface area (Å²) in [4.78, 5) is 39.4. The number of carbonyl (C=O) groups is 2. The second kappa shape index (κ2) is 7.52. The third-order valence-electron chi connectivity index (χ3n) is 4.74. The van der Waals surface area contributed by atoms with Gasteiger partial charge in [0.2, 0.25) is 5.43 Å². The Morgan fingerprint density at radius 1 is 1.47 bits per heavy atom. The molecule has 10 heteroatoms. The molecule has 8 nitrogen and oxygen atoms in total. The van der Waals surface area contributed by atoms with Crippen LogP contribution in [0, 0.1) is 11.6 Å². The van der Waals surface area contributed by atoms with E-state index in [4.69, 9.17) is 11.6 Å². The first-order valence-corrected chi connectivity index (χ1v) is 8.88. The molecule has 2 atom stereocenters. The monoisotopic (exact) mass is 424 g/mol. The molecule has 0 spiro atoms. The third kappa shape index (κ3) is 3.32. The number of rotatable bonds is 3. The number of fused-ring (bicyclic) bond motifs is 2. The van der Waals surface area contributed by atoms with Crippen molar-refractivity contribution >= 4 is 11.8 Å². The van der Waals surface area contributed by atoms with Gasteiger partial charge in [0.25, 0.3) is 11.8 Å². The quantitative estimate of drug-likeness (QED) is 0.775. The van der Waals surface area contributed by atoms with Gasteiger partial charge in [-0.25, -0.2) is 8.78 Å². The predicted molar refractivity (Wildman–Crippen MR) is 99.9 cm³/mol. The molecule has 3 heterocycles. The maximum atomic E-state index is 14.1. The molecule has 1 fully saturated rings. The second-order valence-corrected chi connectivity index (χ2v) is 6.72. The van der Waals surface area contributed by atoms with Crippen LogP contribution >= 0.6 is 0 Å². The zero-order valence-corrected chi connectivity index (χ0v) is 15.5. The van der Waals surface area contributed by atoms with Gasteiger partial charge in [0.1, 0.15) is 17.2 Å². The number of ether oxygens (including phenoxy) is 1. The average Bonchev–Trinajstić information content (AvgIpc) is 2.73. The number of aromatic nitrogens is 1.